The average Bonchev–Trinajstić information content (AvgIpc) is 2.38. The van der Waals surface area contributed by atoms with E-state index in [1.54, 1.807) is 6.07 Å². The molecular weight excluding hydrogens is 228 g/mol. The van der Waals surface area contributed by atoms with E-state index in [9.17, 15) is 4.79 Å². The number of nitrogen functional groups attached to an aromatic ring is 1. The third-order valence-electron chi connectivity index (χ3n) is 3.15. The molecule has 18 heavy (non-hydrogen) atoms. The van der Waals surface area contributed by atoms with Gasteiger partial charge in [0.2, 0.25) is 0 Å². The number of carbonyl (C=O) groups excluding carboxylic acids is 1. The predicted octanol–water partition coefficient (Wildman–Crippen LogP) is 2.96. The van der Waals surface area contributed by atoms with E-state index in [-0.39, 0.29) is 0 Å². The zero-order chi connectivity index (χ0) is 13.7. The SMILES string of the molecule is CCC(CC)Nc1cc(C)c(N)c(C(=O)OC)c1. The number of nitrogens with one attached hydrogen (secondary N) is 1. The molecule has 0 saturated carbocycles. The lowest BCUT2D eigenvalue weighted by atomic mass is 10.1. The van der Waals surface area contributed by atoms with Crippen LogP contribution in [0.2, 0.25) is 0 Å². The molecule has 0 atom stereocenters. The van der Waals surface area contributed by atoms with Gasteiger partial charge in [0.15, 0.2) is 0 Å². The zero-order valence-corrected chi connectivity index (χ0v) is 11.5. The van der Waals surface area contributed by atoms with Gasteiger partial charge in [-0.05, 0) is 37.5 Å². The van der Waals surface area contributed by atoms with Crippen LogP contribution in [0.4, 0.5) is 11.4 Å². The first kappa shape index (κ1) is 14.4. The molecule has 0 bridgehead atoms. The molecule has 0 amide bonds. The number of benzene rings is 1. The van der Waals surface area contributed by atoms with Gasteiger partial charge < -0.3 is 15.8 Å². The molecule has 1 aromatic rings. The summed E-state index contributed by atoms with van der Waals surface area (Å²) in [7, 11) is 1.36. The number of rotatable bonds is 5. The number of anilines is 2. The Morgan fingerprint density at radius 2 is 2.00 bits per heavy atom. The van der Waals surface area contributed by atoms with Crippen LogP contribution in [0, 0.1) is 6.92 Å². The lowest BCUT2D eigenvalue weighted by Crippen LogP contribution is -2.18. The van der Waals surface area contributed by atoms with Crippen molar-refractivity contribution in [1.29, 1.82) is 0 Å². The number of hydrogen-bond donors (Lipinski definition) is 2. The highest BCUT2D eigenvalue weighted by Crippen LogP contribution is 2.24. The fraction of sp³-hybridized carbons (Fsp3) is 0.500. The minimum Gasteiger partial charge on any atom is -0.465 e. The maximum atomic E-state index is 11.6. The van der Waals surface area contributed by atoms with Crippen molar-refractivity contribution in [2.24, 2.45) is 0 Å². The van der Waals surface area contributed by atoms with Crippen LogP contribution in [0.3, 0.4) is 0 Å². The Labute approximate surface area is 109 Å². The third-order valence-corrected chi connectivity index (χ3v) is 3.15. The third kappa shape index (κ3) is 3.15. The van der Waals surface area contributed by atoms with Gasteiger partial charge in [0, 0.05) is 17.4 Å². The van der Waals surface area contributed by atoms with Gasteiger partial charge in [-0.3, -0.25) is 0 Å². The molecule has 0 unspecified atom stereocenters. The number of ether oxygens (including phenoxy) is 1. The molecule has 1 aromatic carbocycles. The summed E-state index contributed by atoms with van der Waals surface area (Å²) in [5.74, 6) is -0.399. The summed E-state index contributed by atoms with van der Waals surface area (Å²) < 4.78 is 4.74. The number of aryl methyl sites for hydroxylation is 1. The Bertz CT molecular complexity index is 426. The lowest BCUT2D eigenvalue weighted by Gasteiger charge is -2.18. The second-order valence-electron chi connectivity index (χ2n) is 4.40. The minimum atomic E-state index is -0.399. The first-order valence-electron chi connectivity index (χ1n) is 6.28. The molecule has 100 valence electrons. The normalized spacial score (nSPS) is 10.5. The Morgan fingerprint density at radius 3 is 2.50 bits per heavy atom. The van der Waals surface area contributed by atoms with Crippen molar-refractivity contribution in [3.05, 3.63) is 23.3 Å². The standard InChI is InChI=1S/C14H22N2O2/c1-5-10(6-2)16-11-7-9(3)13(15)12(8-11)14(17)18-4/h7-8,10,16H,5-6,15H2,1-4H3. The van der Waals surface area contributed by atoms with Crippen molar-refractivity contribution >= 4 is 17.3 Å². The highest BCUT2D eigenvalue weighted by atomic mass is 16.5. The molecular formula is C14H22N2O2. The van der Waals surface area contributed by atoms with Gasteiger partial charge in [0.1, 0.15) is 0 Å². The van der Waals surface area contributed by atoms with Crippen molar-refractivity contribution in [2.45, 2.75) is 39.7 Å². The maximum Gasteiger partial charge on any atom is 0.340 e. The van der Waals surface area contributed by atoms with Crippen LogP contribution in [-0.2, 0) is 4.74 Å². The fourth-order valence-corrected chi connectivity index (χ4v) is 1.89. The van der Waals surface area contributed by atoms with E-state index < -0.39 is 5.97 Å². The first-order valence-corrected chi connectivity index (χ1v) is 6.28. The molecule has 0 aliphatic rings. The lowest BCUT2D eigenvalue weighted by molar-refractivity contribution is 0.0602. The Balaban J connectivity index is 3.08. The number of nitrogens with two attached hydrogens (primary N) is 1. The predicted molar refractivity (Wildman–Crippen MR) is 74.9 cm³/mol. The second kappa shape index (κ2) is 6.28. The van der Waals surface area contributed by atoms with E-state index >= 15 is 0 Å². The smallest absolute Gasteiger partial charge is 0.340 e. The van der Waals surface area contributed by atoms with E-state index in [1.165, 1.54) is 7.11 Å². The van der Waals surface area contributed by atoms with Gasteiger partial charge in [-0.2, -0.15) is 0 Å². The van der Waals surface area contributed by atoms with E-state index in [2.05, 4.69) is 19.2 Å². The quantitative estimate of drug-likeness (QED) is 0.623. The number of carbonyl (C=O) groups is 1. The average molecular weight is 250 g/mol. The molecule has 0 spiro atoms. The molecule has 4 nitrogen and oxygen atoms in total. The number of hydrogen-bond acceptors (Lipinski definition) is 4. The van der Waals surface area contributed by atoms with Crippen molar-refractivity contribution < 1.29 is 9.53 Å². The monoisotopic (exact) mass is 250 g/mol. The fourth-order valence-electron chi connectivity index (χ4n) is 1.89. The van der Waals surface area contributed by atoms with Gasteiger partial charge in [0.25, 0.3) is 0 Å². The highest BCUT2D eigenvalue weighted by Gasteiger charge is 2.14. The van der Waals surface area contributed by atoms with Gasteiger partial charge in [-0.25, -0.2) is 4.79 Å². The van der Waals surface area contributed by atoms with Crippen LogP contribution in [0.1, 0.15) is 42.6 Å². The first-order chi connectivity index (χ1) is 8.53. The second-order valence-corrected chi connectivity index (χ2v) is 4.40. The van der Waals surface area contributed by atoms with Gasteiger partial charge >= 0.3 is 5.97 Å². The van der Waals surface area contributed by atoms with Crippen LogP contribution in [0.15, 0.2) is 12.1 Å². The molecule has 0 aliphatic heterocycles. The molecule has 3 N–H and O–H groups in total. The summed E-state index contributed by atoms with van der Waals surface area (Å²) in [5, 5.41) is 3.40. The van der Waals surface area contributed by atoms with Gasteiger partial charge in [-0.15, -0.1) is 0 Å². The summed E-state index contributed by atoms with van der Waals surface area (Å²) in [4.78, 5) is 11.6. The number of esters is 1. The molecule has 0 saturated heterocycles. The maximum absolute atomic E-state index is 11.6. The van der Waals surface area contributed by atoms with Crippen molar-refractivity contribution in [3.8, 4) is 0 Å². The van der Waals surface area contributed by atoms with Crippen LogP contribution < -0.4 is 11.1 Å². The summed E-state index contributed by atoms with van der Waals surface area (Å²) in [6.07, 6.45) is 2.07. The molecule has 0 radical (unpaired) electrons. The molecule has 1 rings (SSSR count). The summed E-state index contributed by atoms with van der Waals surface area (Å²) in [5.41, 5.74) is 8.59. The van der Waals surface area contributed by atoms with Crippen molar-refractivity contribution in [3.63, 3.8) is 0 Å². The summed E-state index contributed by atoms with van der Waals surface area (Å²) in [6, 6.07) is 4.12. The van der Waals surface area contributed by atoms with Crippen LogP contribution >= 0.6 is 0 Å². The van der Waals surface area contributed by atoms with Crippen molar-refractivity contribution in [2.75, 3.05) is 18.2 Å². The molecule has 4 heteroatoms. The zero-order valence-electron chi connectivity index (χ0n) is 11.5. The topological polar surface area (TPSA) is 64.3 Å². The Morgan fingerprint density at radius 1 is 1.39 bits per heavy atom. The summed E-state index contributed by atoms with van der Waals surface area (Å²) in [6.45, 7) is 6.15. The van der Waals surface area contributed by atoms with Crippen LogP contribution in [0.25, 0.3) is 0 Å². The Hall–Kier alpha value is -1.71. The molecule has 0 aromatic heterocycles. The van der Waals surface area contributed by atoms with E-state index in [0.717, 1.165) is 24.1 Å². The molecule has 0 heterocycles. The van der Waals surface area contributed by atoms with Crippen molar-refractivity contribution in [1.82, 2.24) is 0 Å². The summed E-state index contributed by atoms with van der Waals surface area (Å²) >= 11 is 0. The minimum absolute atomic E-state index is 0.399. The number of methoxy groups -OCH3 is 1. The van der Waals surface area contributed by atoms with E-state index in [1.807, 2.05) is 13.0 Å². The van der Waals surface area contributed by atoms with Gasteiger partial charge in [0.05, 0.1) is 12.7 Å². The van der Waals surface area contributed by atoms with Gasteiger partial charge in [-0.1, -0.05) is 13.8 Å². The largest absolute Gasteiger partial charge is 0.465 e. The van der Waals surface area contributed by atoms with Crippen LogP contribution in [-0.4, -0.2) is 19.1 Å². The Kier molecular flexibility index (Phi) is 5.01. The van der Waals surface area contributed by atoms with E-state index in [0.29, 0.717) is 17.3 Å². The molecule has 0 aliphatic carbocycles. The van der Waals surface area contributed by atoms with E-state index in [4.69, 9.17) is 10.5 Å². The highest BCUT2D eigenvalue weighted by molar-refractivity contribution is 5.97. The molecule has 0 fully saturated rings. The van der Waals surface area contributed by atoms with Crippen LogP contribution in [0.5, 0.6) is 0 Å².